The summed E-state index contributed by atoms with van der Waals surface area (Å²) in [5.74, 6) is 0.281. The first-order valence-corrected chi connectivity index (χ1v) is 3.91. The number of hydrogen-bond donors (Lipinski definition) is 0. The number of ketones is 1. The topological polar surface area (TPSA) is 17.1 Å². The van der Waals surface area contributed by atoms with Crippen LogP contribution < -0.4 is 0 Å². The Morgan fingerprint density at radius 2 is 2.27 bits per heavy atom. The molecule has 0 unspecified atom stereocenters. The molecule has 0 saturated heterocycles. The van der Waals surface area contributed by atoms with Crippen LogP contribution in [0.1, 0.15) is 28.8 Å². The van der Waals surface area contributed by atoms with Crippen molar-refractivity contribution in [3.8, 4) is 0 Å². The molecule has 1 aromatic rings. The fourth-order valence-corrected chi connectivity index (χ4v) is 1.50. The molecule has 0 atom stereocenters. The van der Waals surface area contributed by atoms with Crippen molar-refractivity contribution in [2.75, 3.05) is 0 Å². The largest absolute Gasteiger partial charge is 0.294 e. The third-order valence-electron chi connectivity index (χ3n) is 2.07. The maximum atomic E-state index is 11.3. The summed E-state index contributed by atoms with van der Waals surface area (Å²) in [6.07, 6.45) is 2.72. The van der Waals surface area contributed by atoms with E-state index in [9.17, 15) is 4.79 Å². The molecule has 1 aromatic carbocycles. The van der Waals surface area contributed by atoms with Crippen LogP contribution in [0.15, 0.2) is 18.2 Å². The van der Waals surface area contributed by atoms with E-state index in [4.69, 9.17) is 0 Å². The third kappa shape index (κ3) is 1.07. The number of carbonyl (C=O) groups is 1. The number of aryl methyl sites for hydroxylation is 1. The summed E-state index contributed by atoms with van der Waals surface area (Å²) >= 11 is 0. The number of Topliss-reactive ketones (excluding diaryl/α,β-unsaturated/α-hetero) is 1. The van der Waals surface area contributed by atoms with Gasteiger partial charge in [0, 0.05) is 12.0 Å². The van der Waals surface area contributed by atoms with E-state index in [1.807, 2.05) is 18.2 Å². The summed E-state index contributed by atoms with van der Waals surface area (Å²) in [4.78, 5) is 11.3. The molecule has 1 aliphatic carbocycles. The third-order valence-corrected chi connectivity index (χ3v) is 2.07. The van der Waals surface area contributed by atoms with E-state index >= 15 is 0 Å². The minimum absolute atomic E-state index is 0.281. The molecule has 0 spiro atoms. The molecule has 1 aliphatic rings. The van der Waals surface area contributed by atoms with Crippen molar-refractivity contribution < 1.29 is 4.79 Å². The predicted octanol–water partition coefficient (Wildman–Crippen LogP) is 2.01. The van der Waals surface area contributed by atoms with Gasteiger partial charge in [0.25, 0.3) is 0 Å². The lowest BCUT2D eigenvalue weighted by Gasteiger charge is -2.12. The molecule has 11 heavy (non-hydrogen) atoms. The Morgan fingerprint density at radius 3 is 3.09 bits per heavy atom. The Balaban J connectivity index is 2.52. The van der Waals surface area contributed by atoms with Crippen molar-refractivity contribution in [2.45, 2.75) is 19.3 Å². The molecular weight excluding hydrogens is 136 g/mol. The van der Waals surface area contributed by atoms with Crippen LogP contribution >= 0.6 is 0 Å². The number of carbonyl (C=O) groups excluding carboxylic acids is 1. The second-order valence-electron chi connectivity index (χ2n) is 2.84. The predicted molar refractivity (Wildman–Crippen MR) is 42.5 cm³/mol. The van der Waals surface area contributed by atoms with Crippen LogP contribution in [0.4, 0.5) is 0 Å². The number of fused-ring (bicyclic) bond motifs is 1. The Hall–Kier alpha value is -1.11. The molecule has 0 bridgehead atoms. The maximum absolute atomic E-state index is 11.3. The van der Waals surface area contributed by atoms with Crippen LogP contribution in [0, 0.1) is 6.07 Å². The molecule has 0 amide bonds. The zero-order valence-electron chi connectivity index (χ0n) is 6.26. The van der Waals surface area contributed by atoms with Crippen LogP contribution in [0.25, 0.3) is 0 Å². The van der Waals surface area contributed by atoms with E-state index in [1.54, 1.807) is 0 Å². The van der Waals surface area contributed by atoms with Crippen LogP contribution in [-0.2, 0) is 6.42 Å². The van der Waals surface area contributed by atoms with Crippen molar-refractivity contribution in [3.05, 3.63) is 35.4 Å². The van der Waals surface area contributed by atoms with Crippen molar-refractivity contribution in [2.24, 2.45) is 0 Å². The zero-order valence-corrected chi connectivity index (χ0v) is 6.26. The second-order valence-corrected chi connectivity index (χ2v) is 2.84. The van der Waals surface area contributed by atoms with Gasteiger partial charge in [-0.2, -0.15) is 0 Å². The van der Waals surface area contributed by atoms with Crippen molar-refractivity contribution in [1.29, 1.82) is 0 Å². The van der Waals surface area contributed by atoms with E-state index in [2.05, 4.69) is 6.07 Å². The molecule has 1 heteroatoms. The second kappa shape index (κ2) is 2.50. The van der Waals surface area contributed by atoms with Gasteiger partial charge in [-0.3, -0.25) is 4.79 Å². The molecule has 0 aromatic heterocycles. The molecule has 1 radical (unpaired) electrons. The average Bonchev–Trinajstić information content (AvgIpc) is 2.06. The van der Waals surface area contributed by atoms with Gasteiger partial charge < -0.3 is 0 Å². The summed E-state index contributed by atoms with van der Waals surface area (Å²) in [5.41, 5.74) is 1.99. The van der Waals surface area contributed by atoms with Crippen molar-refractivity contribution in [3.63, 3.8) is 0 Å². The number of benzene rings is 1. The quantitative estimate of drug-likeness (QED) is 0.545. The van der Waals surface area contributed by atoms with Gasteiger partial charge in [-0.25, -0.2) is 0 Å². The Kier molecular flexibility index (Phi) is 1.50. The minimum Gasteiger partial charge on any atom is -0.294 e. The lowest BCUT2D eigenvalue weighted by molar-refractivity contribution is 0.0972. The monoisotopic (exact) mass is 145 g/mol. The van der Waals surface area contributed by atoms with E-state index in [0.717, 1.165) is 24.0 Å². The molecule has 1 nitrogen and oxygen atoms in total. The highest BCUT2D eigenvalue weighted by atomic mass is 16.1. The van der Waals surface area contributed by atoms with E-state index in [-0.39, 0.29) is 5.78 Å². The van der Waals surface area contributed by atoms with Gasteiger partial charge in [0.15, 0.2) is 5.78 Å². The highest BCUT2D eigenvalue weighted by molar-refractivity contribution is 5.98. The van der Waals surface area contributed by atoms with Crippen LogP contribution in [-0.4, -0.2) is 5.78 Å². The summed E-state index contributed by atoms with van der Waals surface area (Å²) < 4.78 is 0. The molecule has 0 fully saturated rings. The maximum Gasteiger partial charge on any atom is 0.163 e. The highest BCUT2D eigenvalue weighted by Crippen LogP contribution is 2.19. The zero-order chi connectivity index (χ0) is 7.68. The van der Waals surface area contributed by atoms with E-state index in [0.29, 0.717) is 6.42 Å². The molecule has 2 rings (SSSR count). The fraction of sp³-hybridized carbons (Fsp3) is 0.300. The SMILES string of the molecule is O=C1CCCc2[c]cccc21. The average molecular weight is 145 g/mol. The Labute approximate surface area is 66.0 Å². The van der Waals surface area contributed by atoms with Gasteiger partial charge in [0.2, 0.25) is 0 Å². The normalized spacial score (nSPS) is 16.2. The first-order valence-electron chi connectivity index (χ1n) is 3.91. The van der Waals surface area contributed by atoms with Gasteiger partial charge >= 0.3 is 0 Å². The first-order chi connectivity index (χ1) is 5.38. The number of hydrogen-bond acceptors (Lipinski definition) is 1. The Bertz CT molecular complexity index is 289. The van der Waals surface area contributed by atoms with E-state index in [1.165, 1.54) is 0 Å². The van der Waals surface area contributed by atoms with Gasteiger partial charge in [-0.05, 0) is 24.5 Å². The minimum atomic E-state index is 0.281. The lowest BCUT2D eigenvalue weighted by Crippen LogP contribution is -2.09. The Morgan fingerprint density at radius 1 is 1.36 bits per heavy atom. The molecule has 55 valence electrons. The summed E-state index contributed by atoms with van der Waals surface area (Å²) in [6, 6.07) is 8.74. The van der Waals surface area contributed by atoms with Gasteiger partial charge in [0.1, 0.15) is 0 Å². The standard InChI is InChI=1S/C10H9O/c11-10-7-3-5-8-4-1-2-6-9(8)10/h1-2,6H,3,5,7H2. The molecule has 0 N–H and O–H groups in total. The molecular formula is C10H9O. The first kappa shape index (κ1) is 6.59. The van der Waals surface area contributed by atoms with Gasteiger partial charge in [0.05, 0.1) is 0 Å². The smallest absolute Gasteiger partial charge is 0.163 e. The molecule has 0 saturated carbocycles. The van der Waals surface area contributed by atoms with Crippen molar-refractivity contribution >= 4 is 5.78 Å². The van der Waals surface area contributed by atoms with Crippen LogP contribution in [0.3, 0.4) is 0 Å². The molecule has 0 heterocycles. The lowest BCUT2D eigenvalue weighted by atomic mass is 9.91. The van der Waals surface area contributed by atoms with Crippen LogP contribution in [0.5, 0.6) is 0 Å². The summed E-state index contributed by atoms with van der Waals surface area (Å²) in [5, 5.41) is 0. The van der Waals surface area contributed by atoms with E-state index < -0.39 is 0 Å². The fourth-order valence-electron chi connectivity index (χ4n) is 1.50. The van der Waals surface area contributed by atoms with Gasteiger partial charge in [-0.1, -0.05) is 18.2 Å². The highest BCUT2D eigenvalue weighted by Gasteiger charge is 2.15. The molecule has 0 aliphatic heterocycles. The van der Waals surface area contributed by atoms with Crippen LogP contribution in [0.2, 0.25) is 0 Å². The number of rotatable bonds is 0. The van der Waals surface area contributed by atoms with Gasteiger partial charge in [-0.15, -0.1) is 0 Å². The summed E-state index contributed by atoms with van der Waals surface area (Å²) in [7, 11) is 0. The summed E-state index contributed by atoms with van der Waals surface area (Å²) in [6.45, 7) is 0. The van der Waals surface area contributed by atoms with Crippen molar-refractivity contribution in [1.82, 2.24) is 0 Å².